The van der Waals surface area contributed by atoms with Crippen LogP contribution in [0.3, 0.4) is 0 Å². The molecule has 34 heavy (non-hydrogen) atoms. The number of benzene rings is 1. The zero-order chi connectivity index (χ0) is 25.4. The van der Waals surface area contributed by atoms with Crippen molar-refractivity contribution in [2.75, 3.05) is 6.54 Å². The molecule has 1 aromatic carbocycles. The lowest BCUT2D eigenvalue weighted by Crippen LogP contribution is -2.58. The van der Waals surface area contributed by atoms with Crippen LogP contribution in [0.15, 0.2) is 30.3 Å². The summed E-state index contributed by atoms with van der Waals surface area (Å²) in [6.07, 6.45) is 0.172. The van der Waals surface area contributed by atoms with Gasteiger partial charge in [0, 0.05) is 13.0 Å². The number of aliphatic carboxylic acids is 2. The van der Waals surface area contributed by atoms with Gasteiger partial charge in [-0.05, 0) is 24.3 Å². The van der Waals surface area contributed by atoms with E-state index in [1.807, 2.05) is 18.2 Å². The van der Waals surface area contributed by atoms with E-state index in [1.165, 1.54) is 4.90 Å². The summed E-state index contributed by atoms with van der Waals surface area (Å²) in [5.41, 5.74) is 6.75. The minimum Gasteiger partial charge on any atom is -0.481 e. The summed E-state index contributed by atoms with van der Waals surface area (Å²) >= 11 is 0. The Bertz CT molecular complexity index is 906. The van der Waals surface area contributed by atoms with Gasteiger partial charge in [0.2, 0.25) is 17.7 Å². The van der Waals surface area contributed by atoms with Crippen molar-refractivity contribution in [1.82, 2.24) is 15.5 Å². The zero-order valence-corrected chi connectivity index (χ0v) is 19.3. The average Bonchev–Trinajstić information content (AvgIpc) is 3.27. The smallest absolute Gasteiger partial charge is 0.326 e. The topological polar surface area (TPSA) is 179 Å². The molecule has 1 aliphatic heterocycles. The number of carboxylic acid groups (broad SMARTS) is 2. The van der Waals surface area contributed by atoms with Crippen molar-refractivity contribution in [2.45, 2.75) is 63.7 Å². The van der Waals surface area contributed by atoms with Gasteiger partial charge in [-0.2, -0.15) is 0 Å². The third-order valence-electron chi connectivity index (χ3n) is 5.75. The van der Waals surface area contributed by atoms with Gasteiger partial charge in [0.25, 0.3) is 0 Å². The molecule has 1 saturated heterocycles. The second-order valence-electron chi connectivity index (χ2n) is 8.71. The van der Waals surface area contributed by atoms with Crippen LogP contribution in [0.4, 0.5) is 0 Å². The molecular formula is C23H32N4O7. The lowest BCUT2D eigenvalue weighted by molar-refractivity contribution is -0.148. The van der Waals surface area contributed by atoms with Crippen molar-refractivity contribution in [3.05, 3.63) is 35.9 Å². The van der Waals surface area contributed by atoms with Crippen LogP contribution in [-0.4, -0.2) is 75.5 Å². The van der Waals surface area contributed by atoms with Gasteiger partial charge >= 0.3 is 11.9 Å². The first-order chi connectivity index (χ1) is 16.0. The summed E-state index contributed by atoms with van der Waals surface area (Å²) in [7, 11) is 0. The molecule has 3 amide bonds. The minimum absolute atomic E-state index is 0.153. The van der Waals surface area contributed by atoms with Gasteiger partial charge in [0.15, 0.2) is 0 Å². The van der Waals surface area contributed by atoms with E-state index in [1.54, 1.807) is 26.0 Å². The van der Waals surface area contributed by atoms with Crippen LogP contribution in [0.5, 0.6) is 0 Å². The van der Waals surface area contributed by atoms with Gasteiger partial charge < -0.3 is 31.5 Å². The number of nitrogens with two attached hydrogens (primary N) is 1. The lowest BCUT2D eigenvalue weighted by atomic mass is 10.0. The Kier molecular flexibility index (Phi) is 9.55. The van der Waals surface area contributed by atoms with Crippen LogP contribution in [0, 0.1) is 5.92 Å². The Morgan fingerprint density at radius 2 is 1.71 bits per heavy atom. The summed E-state index contributed by atoms with van der Waals surface area (Å²) in [5.74, 6) is -4.74. The summed E-state index contributed by atoms with van der Waals surface area (Å²) < 4.78 is 0. The monoisotopic (exact) mass is 476 g/mol. The fraction of sp³-hybridized carbons (Fsp3) is 0.522. The summed E-state index contributed by atoms with van der Waals surface area (Å²) in [6.45, 7) is 3.81. The maximum atomic E-state index is 13.5. The standard InChI is InChI=1S/C23H32N4O7/c1-13(2)19(24)21(31)25-15(11-14-7-4-3-5-8-14)22(32)27-10-6-9-17(27)20(30)26-16(23(33)34)12-18(28)29/h3-5,7-8,13,15-17,19H,6,9-12,24H2,1-2H3,(H,25,31)(H,26,30)(H,28,29)(H,33,34). The maximum absolute atomic E-state index is 13.5. The first-order valence-electron chi connectivity index (χ1n) is 11.2. The number of amides is 3. The summed E-state index contributed by atoms with van der Waals surface area (Å²) in [5, 5.41) is 23.0. The molecule has 0 aromatic heterocycles. The highest BCUT2D eigenvalue weighted by Gasteiger charge is 2.39. The van der Waals surface area contributed by atoms with E-state index in [9.17, 15) is 29.1 Å². The van der Waals surface area contributed by atoms with Gasteiger partial charge in [-0.1, -0.05) is 44.2 Å². The second kappa shape index (κ2) is 12.1. The van der Waals surface area contributed by atoms with Gasteiger partial charge in [-0.3, -0.25) is 19.2 Å². The van der Waals surface area contributed by atoms with Crippen molar-refractivity contribution < 1.29 is 34.2 Å². The molecule has 11 nitrogen and oxygen atoms in total. The molecule has 4 unspecified atom stereocenters. The van der Waals surface area contributed by atoms with Crippen molar-refractivity contribution in [1.29, 1.82) is 0 Å². The van der Waals surface area contributed by atoms with Crippen LogP contribution < -0.4 is 16.4 Å². The molecule has 1 aliphatic rings. The minimum atomic E-state index is -1.62. The highest BCUT2D eigenvalue weighted by molar-refractivity contribution is 5.95. The molecule has 0 saturated carbocycles. The largest absolute Gasteiger partial charge is 0.481 e. The van der Waals surface area contributed by atoms with E-state index < -0.39 is 60.2 Å². The molecule has 1 aromatic rings. The first-order valence-corrected chi connectivity index (χ1v) is 11.2. The van der Waals surface area contributed by atoms with Gasteiger partial charge in [0.1, 0.15) is 18.1 Å². The van der Waals surface area contributed by atoms with Gasteiger partial charge in [0.05, 0.1) is 12.5 Å². The van der Waals surface area contributed by atoms with Crippen molar-refractivity contribution in [3.63, 3.8) is 0 Å². The van der Waals surface area contributed by atoms with E-state index in [0.29, 0.717) is 6.42 Å². The fourth-order valence-electron chi connectivity index (χ4n) is 3.77. The van der Waals surface area contributed by atoms with E-state index in [-0.39, 0.29) is 25.3 Å². The number of rotatable bonds is 11. The molecular weight excluding hydrogens is 444 g/mol. The lowest BCUT2D eigenvalue weighted by Gasteiger charge is -2.30. The number of nitrogens with zero attached hydrogens (tertiary/aromatic N) is 1. The van der Waals surface area contributed by atoms with Crippen LogP contribution in [0.1, 0.15) is 38.7 Å². The van der Waals surface area contributed by atoms with Crippen LogP contribution in [0.2, 0.25) is 0 Å². The Labute approximate surface area is 197 Å². The fourth-order valence-corrected chi connectivity index (χ4v) is 3.77. The molecule has 0 bridgehead atoms. The molecule has 0 spiro atoms. The predicted molar refractivity (Wildman–Crippen MR) is 121 cm³/mol. The average molecular weight is 477 g/mol. The summed E-state index contributed by atoms with van der Waals surface area (Å²) in [6, 6.07) is 4.66. The van der Waals surface area contributed by atoms with Crippen molar-refractivity contribution >= 4 is 29.7 Å². The third-order valence-corrected chi connectivity index (χ3v) is 5.75. The van der Waals surface area contributed by atoms with Crippen molar-refractivity contribution in [3.8, 4) is 0 Å². The van der Waals surface area contributed by atoms with Crippen LogP contribution >= 0.6 is 0 Å². The predicted octanol–water partition coefficient (Wildman–Crippen LogP) is -0.268. The van der Waals surface area contributed by atoms with E-state index in [2.05, 4.69) is 10.6 Å². The second-order valence-corrected chi connectivity index (χ2v) is 8.71. The van der Waals surface area contributed by atoms with E-state index in [0.717, 1.165) is 5.56 Å². The number of carbonyl (C=O) groups excluding carboxylic acids is 3. The number of carboxylic acids is 2. The number of carbonyl (C=O) groups is 5. The normalized spacial score (nSPS) is 18.1. The number of nitrogens with one attached hydrogen (secondary N) is 2. The molecule has 0 aliphatic carbocycles. The molecule has 186 valence electrons. The van der Waals surface area contributed by atoms with Crippen molar-refractivity contribution in [2.24, 2.45) is 11.7 Å². The molecule has 2 rings (SSSR count). The molecule has 0 radical (unpaired) electrons. The van der Waals surface area contributed by atoms with E-state index in [4.69, 9.17) is 10.8 Å². The number of hydrogen-bond donors (Lipinski definition) is 5. The molecule has 6 N–H and O–H groups in total. The molecule has 11 heteroatoms. The highest BCUT2D eigenvalue weighted by Crippen LogP contribution is 2.20. The highest BCUT2D eigenvalue weighted by atomic mass is 16.4. The Balaban J connectivity index is 2.22. The van der Waals surface area contributed by atoms with E-state index >= 15 is 0 Å². The number of hydrogen-bond acceptors (Lipinski definition) is 6. The van der Waals surface area contributed by atoms with Gasteiger partial charge in [-0.15, -0.1) is 0 Å². The molecule has 1 heterocycles. The van der Waals surface area contributed by atoms with Gasteiger partial charge in [-0.25, -0.2) is 4.79 Å². The Morgan fingerprint density at radius 3 is 2.26 bits per heavy atom. The van der Waals surface area contributed by atoms with Crippen LogP contribution in [0.25, 0.3) is 0 Å². The molecule has 1 fully saturated rings. The first kappa shape index (κ1) is 26.8. The maximum Gasteiger partial charge on any atom is 0.326 e. The Hall–Kier alpha value is -3.47. The summed E-state index contributed by atoms with van der Waals surface area (Å²) in [4.78, 5) is 62.5. The van der Waals surface area contributed by atoms with Crippen LogP contribution in [-0.2, 0) is 30.4 Å². The number of likely N-dealkylation sites (tertiary alicyclic amines) is 1. The Morgan fingerprint density at radius 1 is 1.06 bits per heavy atom. The molecule has 4 atom stereocenters. The SMILES string of the molecule is CC(C)C(N)C(=O)NC(Cc1ccccc1)C(=O)N1CCCC1C(=O)NC(CC(=O)O)C(=O)O. The zero-order valence-electron chi connectivity index (χ0n) is 19.3. The quantitative estimate of drug-likeness (QED) is 0.289. The third kappa shape index (κ3) is 7.27.